The summed E-state index contributed by atoms with van der Waals surface area (Å²) in [5.41, 5.74) is 4.75. The van der Waals surface area contributed by atoms with Crippen LogP contribution in [-0.2, 0) is 13.6 Å². The molecule has 4 rings (SSSR count). The Morgan fingerprint density at radius 2 is 1.74 bits per heavy atom. The Labute approximate surface area is 191 Å². The summed E-state index contributed by atoms with van der Waals surface area (Å²) in [6.45, 7) is 4.57. The summed E-state index contributed by atoms with van der Waals surface area (Å²) in [5.74, 6) is 1.07. The fourth-order valence-corrected chi connectivity index (χ4v) is 4.53. The zero-order valence-corrected chi connectivity index (χ0v) is 19.2. The highest BCUT2D eigenvalue weighted by atomic mass is 35.5. The summed E-state index contributed by atoms with van der Waals surface area (Å²) >= 11 is 7.84. The van der Waals surface area contributed by atoms with Gasteiger partial charge in [0.2, 0.25) is 0 Å². The molecule has 0 aliphatic rings. The van der Waals surface area contributed by atoms with Gasteiger partial charge >= 0.3 is 0 Å². The molecule has 0 atom stereocenters. The Bertz CT molecular complexity index is 1230. The number of ketones is 1. The number of Topliss-reactive ketones (excluding diaryl/α,β-unsaturated/α-hetero) is 1. The number of nitrogens with zero attached hydrogens (tertiary/aromatic N) is 4. The van der Waals surface area contributed by atoms with Gasteiger partial charge in [-0.15, -0.1) is 10.2 Å². The van der Waals surface area contributed by atoms with Gasteiger partial charge in [0.15, 0.2) is 16.8 Å². The summed E-state index contributed by atoms with van der Waals surface area (Å²) in [6.07, 6.45) is 0. The first kappa shape index (κ1) is 21.4. The lowest BCUT2D eigenvalue weighted by molar-refractivity contribution is 0.102. The van der Waals surface area contributed by atoms with Crippen molar-refractivity contribution in [1.82, 2.24) is 19.3 Å². The summed E-state index contributed by atoms with van der Waals surface area (Å²) in [5, 5.41) is 10.1. The van der Waals surface area contributed by atoms with Crippen molar-refractivity contribution in [2.24, 2.45) is 7.05 Å². The van der Waals surface area contributed by atoms with E-state index in [1.54, 1.807) is 0 Å². The fourth-order valence-electron chi connectivity index (χ4n) is 3.49. The number of carbonyl (C=O) groups excluding carboxylic acids is 1. The van der Waals surface area contributed by atoms with E-state index in [9.17, 15) is 4.79 Å². The lowest BCUT2D eigenvalue weighted by Gasteiger charge is -2.11. The third-order valence-corrected chi connectivity index (χ3v) is 6.72. The fraction of sp³-hybridized carbons (Fsp3) is 0.208. The highest BCUT2D eigenvalue weighted by molar-refractivity contribution is 7.99. The topological polar surface area (TPSA) is 52.7 Å². The van der Waals surface area contributed by atoms with Gasteiger partial charge in [-0.05, 0) is 37.6 Å². The minimum atomic E-state index is 0.0831. The molecule has 7 heteroatoms. The second-order valence-electron chi connectivity index (χ2n) is 7.41. The Morgan fingerprint density at radius 1 is 1.03 bits per heavy atom. The number of benzene rings is 2. The molecule has 2 aromatic heterocycles. The molecule has 2 aromatic carbocycles. The number of hydrogen-bond acceptors (Lipinski definition) is 4. The smallest absolute Gasteiger partial charge is 0.192 e. The molecule has 158 valence electrons. The Morgan fingerprint density at radius 3 is 2.42 bits per heavy atom. The summed E-state index contributed by atoms with van der Waals surface area (Å²) in [4.78, 5) is 12.9. The molecular weight excluding hydrogens is 428 g/mol. The molecule has 0 aliphatic heterocycles. The minimum absolute atomic E-state index is 0.0831. The zero-order chi connectivity index (χ0) is 22.0. The number of halogens is 1. The quantitative estimate of drug-likeness (QED) is 0.272. The van der Waals surface area contributed by atoms with Crippen molar-refractivity contribution < 1.29 is 4.79 Å². The highest BCUT2D eigenvalue weighted by Crippen LogP contribution is 2.30. The molecule has 0 saturated heterocycles. The lowest BCUT2D eigenvalue weighted by Crippen LogP contribution is -2.08. The molecule has 0 N–H and O–H groups in total. The SMILES string of the molecule is Cc1cc(C(=O)CSc2nnc(-c3ccccc3Cl)n2Cc2ccccc2)c(C)n1C. The molecule has 0 saturated carbocycles. The number of aromatic nitrogens is 4. The first-order chi connectivity index (χ1) is 15.0. The van der Waals surface area contributed by atoms with Crippen molar-refractivity contribution >= 4 is 29.1 Å². The molecule has 0 radical (unpaired) electrons. The van der Waals surface area contributed by atoms with Crippen LogP contribution in [0.4, 0.5) is 0 Å². The van der Waals surface area contributed by atoms with Gasteiger partial charge in [0.25, 0.3) is 0 Å². The largest absolute Gasteiger partial charge is 0.351 e. The Kier molecular flexibility index (Phi) is 6.30. The van der Waals surface area contributed by atoms with Crippen LogP contribution in [0.2, 0.25) is 5.02 Å². The predicted molar refractivity (Wildman–Crippen MR) is 126 cm³/mol. The first-order valence-electron chi connectivity index (χ1n) is 9.96. The van der Waals surface area contributed by atoms with Crippen molar-refractivity contribution in [3.8, 4) is 11.4 Å². The molecule has 4 aromatic rings. The summed E-state index contributed by atoms with van der Waals surface area (Å²) in [7, 11) is 1.97. The lowest BCUT2D eigenvalue weighted by atomic mass is 10.2. The molecule has 0 amide bonds. The van der Waals surface area contributed by atoms with Gasteiger partial charge < -0.3 is 4.57 Å². The van der Waals surface area contributed by atoms with Gasteiger partial charge in [-0.1, -0.05) is 65.8 Å². The summed E-state index contributed by atoms with van der Waals surface area (Å²) < 4.78 is 4.06. The van der Waals surface area contributed by atoms with Crippen molar-refractivity contribution in [3.63, 3.8) is 0 Å². The maximum Gasteiger partial charge on any atom is 0.192 e. The monoisotopic (exact) mass is 450 g/mol. The molecule has 0 spiro atoms. The third-order valence-electron chi connectivity index (χ3n) is 5.42. The van der Waals surface area contributed by atoms with Crippen LogP contribution < -0.4 is 0 Å². The number of aryl methyl sites for hydroxylation is 1. The van der Waals surface area contributed by atoms with E-state index in [1.165, 1.54) is 11.8 Å². The van der Waals surface area contributed by atoms with Crippen LogP contribution in [0.3, 0.4) is 0 Å². The van der Waals surface area contributed by atoms with Crippen LogP contribution in [0.1, 0.15) is 27.3 Å². The highest BCUT2D eigenvalue weighted by Gasteiger charge is 2.20. The van der Waals surface area contributed by atoms with Crippen LogP contribution in [-0.4, -0.2) is 30.9 Å². The second kappa shape index (κ2) is 9.12. The average molecular weight is 451 g/mol. The van der Waals surface area contributed by atoms with E-state index in [-0.39, 0.29) is 5.78 Å². The van der Waals surface area contributed by atoms with Crippen LogP contribution in [0, 0.1) is 13.8 Å². The number of rotatable bonds is 7. The van der Waals surface area contributed by atoms with Gasteiger partial charge in [-0.3, -0.25) is 9.36 Å². The maximum absolute atomic E-state index is 12.9. The van der Waals surface area contributed by atoms with E-state index in [0.717, 1.165) is 28.1 Å². The van der Waals surface area contributed by atoms with Gasteiger partial charge in [-0.2, -0.15) is 0 Å². The van der Waals surface area contributed by atoms with Gasteiger partial charge in [0.1, 0.15) is 0 Å². The standard InChI is InChI=1S/C24H23ClN4OS/c1-16-13-20(17(2)28(16)3)22(30)15-31-24-27-26-23(19-11-7-8-12-21(19)25)29(24)14-18-9-5-4-6-10-18/h4-13H,14-15H2,1-3H3. The number of thioether (sulfide) groups is 1. The normalized spacial score (nSPS) is 11.1. The van der Waals surface area contributed by atoms with Crippen LogP contribution in [0.15, 0.2) is 65.8 Å². The van der Waals surface area contributed by atoms with E-state index < -0.39 is 0 Å². The molecule has 0 unspecified atom stereocenters. The molecule has 0 aliphatic carbocycles. The van der Waals surface area contributed by atoms with Gasteiger partial charge in [0, 0.05) is 29.6 Å². The van der Waals surface area contributed by atoms with Gasteiger partial charge in [-0.25, -0.2) is 0 Å². The number of hydrogen-bond donors (Lipinski definition) is 0. The van der Waals surface area contributed by atoms with Gasteiger partial charge in [0.05, 0.1) is 17.3 Å². The van der Waals surface area contributed by atoms with Crippen molar-refractivity contribution in [2.75, 3.05) is 5.75 Å². The zero-order valence-electron chi connectivity index (χ0n) is 17.7. The van der Waals surface area contributed by atoms with E-state index in [0.29, 0.717) is 28.3 Å². The molecule has 0 fully saturated rings. The Hall–Kier alpha value is -2.83. The average Bonchev–Trinajstić information content (AvgIpc) is 3.28. The minimum Gasteiger partial charge on any atom is -0.351 e. The van der Waals surface area contributed by atoms with E-state index in [4.69, 9.17) is 11.6 Å². The molecule has 0 bridgehead atoms. The van der Waals surface area contributed by atoms with E-state index in [2.05, 4.69) is 22.3 Å². The van der Waals surface area contributed by atoms with Crippen molar-refractivity contribution in [3.05, 3.63) is 88.2 Å². The van der Waals surface area contributed by atoms with Crippen LogP contribution in [0.25, 0.3) is 11.4 Å². The Balaban J connectivity index is 1.65. The molecule has 31 heavy (non-hydrogen) atoms. The molecule has 2 heterocycles. The summed E-state index contributed by atoms with van der Waals surface area (Å²) in [6, 6.07) is 19.7. The van der Waals surface area contributed by atoms with Crippen molar-refractivity contribution in [2.45, 2.75) is 25.5 Å². The van der Waals surface area contributed by atoms with E-state index >= 15 is 0 Å². The van der Waals surface area contributed by atoms with E-state index in [1.807, 2.05) is 78.6 Å². The van der Waals surface area contributed by atoms with Crippen molar-refractivity contribution in [1.29, 1.82) is 0 Å². The van der Waals surface area contributed by atoms with Crippen LogP contribution >= 0.6 is 23.4 Å². The molecule has 5 nitrogen and oxygen atoms in total. The number of carbonyl (C=O) groups is 1. The second-order valence-corrected chi connectivity index (χ2v) is 8.76. The maximum atomic E-state index is 12.9. The first-order valence-corrected chi connectivity index (χ1v) is 11.3. The van der Waals surface area contributed by atoms with Crippen LogP contribution in [0.5, 0.6) is 0 Å². The molecular formula is C24H23ClN4OS. The predicted octanol–water partition coefficient (Wildman–Crippen LogP) is 5.58. The third kappa shape index (κ3) is 4.45.